The first-order valence-corrected chi connectivity index (χ1v) is 7.15. The number of aromatic nitrogens is 1. The van der Waals surface area contributed by atoms with Gasteiger partial charge in [-0.2, -0.15) is 4.74 Å². The number of rotatable bonds is 3. The fraction of sp³-hybridized carbons (Fsp3) is 0.353. The van der Waals surface area contributed by atoms with Crippen LogP contribution in [0.4, 0.5) is 0 Å². The second kappa shape index (κ2) is 5.64. The molecule has 0 saturated carbocycles. The number of hydrogen-bond acceptors (Lipinski definition) is 3. The second-order valence-corrected chi connectivity index (χ2v) is 5.50. The monoisotopic (exact) mass is 298 g/mol. The molecule has 5 heteroatoms. The molecule has 1 aromatic heterocycles. The maximum absolute atomic E-state index is 12.4. The van der Waals surface area contributed by atoms with Gasteiger partial charge < -0.3 is 19.2 Å². The quantitative estimate of drug-likeness (QED) is 0.372. The van der Waals surface area contributed by atoms with Gasteiger partial charge in [0.05, 0.1) is 19.2 Å². The van der Waals surface area contributed by atoms with Crippen molar-refractivity contribution in [2.75, 3.05) is 13.7 Å². The Kier molecular flexibility index (Phi) is 3.68. The lowest BCUT2D eigenvalue weighted by atomic mass is 9.89. The Balaban J connectivity index is 2.05. The summed E-state index contributed by atoms with van der Waals surface area (Å²) in [5, 5.41) is 12.4. The van der Waals surface area contributed by atoms with Crippen molar-refractivity contribution < 1.29 is 14.2 Å². The zero-order chi connectivity index (χ0) is 15.7. The topological polar surface area (TPSA) is 49.5 Å². The zero-order valence-electron chi connectivity index (χ0n) is 12.5. The molecule has 3 rings (SSSR count). The summed E-state index contributed by atoms with van der Waals surface area (Å²) in [6.45, 7) is 4.88. The van der Waals surface area contributed by atoms with Crippen molar-refractivity contribution in [3.8, 4) is 23.8 Å². The molecule has 1 aliphatic heterocycles. The minimum atomic E-state index is 0.119. The lowest BCUT2D eigenvalue weighted by Gasteiger charge is -2.21. The molecule has 0 radical (unpaired) electrons. The van der Waals surface area contributed by atoms with E-state index in [2.05, 4.69) is 12.5 Å². The number of fused-ring (bicyclic) bond motifs is 2. The van der Waals surface area contributed by atoms with Crippen molar-refractivity contribution in [1.29, 1.82) is 0 Å². The highest BCUT2D eigenvalue weighted by molar-refractivity contribution is 5.81. The van der Waals surface area contributed by atoms with Crippen molar-refractivity contribution in [3.63, 3.8) is 0 Å². The van der Waals surface area contributed by atoms with Gasteiger partial charge in [-0.15, -0.1) is 6.42 Å². The molecule has 5 nitrogen and oxygen atoms in total. The molecule has 1 atom stereocenters. The SMILES string of the molecule is C#CCOc1cn2c(c1OC)C=[N+]([O-])C1=CCC(=C)C[C@H]1C2. The van der Waals surface area contributed by atoms with E-state index in [9.17, 15) is 5.21 Å². The Hall–Kier alpha value is -2.61. The van der Waals surface area contributed by atoms with E-state index in [1.54, 1.807) is 13.3 Å². The molecule has 2 heterocycles. The van der Waals surface area contributed by atoms with Crippen LogP contribution in [0.25, 0.3) is 0 Å². The van der Waals surface area contributed by atoms with Crippen LogP contribution in [0.1, 0.15) is 18.5 Å². The first kappa shape index (κ1) is 14.3. The Morgan fingerprint density at radius 1 is 1.59 bits per heavy atom. The Labute approximate surface area is 129 Å². The summed E-state index contributed by atoms with van der Waals surface area (Å²) in [6, 6.07) is 0. The maximum atomic E-state index is 12.4. The molecule has 0 N–H and O–H groups in total. The summed E-state index contributed by atoms with van der Waals surface area (Å²) < 4.78 is 13.8. The van der Waals surface area contributed by atoms with Crippen LogP contribution in [0.2, 0.25) is 0 Å². The minimum Gasteiger partial charge on any atom is -0.618 e. The highest BCUT2D eigenvalue weighted by Gasteiger charge is 2.32. The van der Waals surface area contributed by atoms with Gasteiger partial charge in [0.25, 0.3) is 0 Å². The molecule has 22 heavy (non-hydrogen) atoms. The van der Waals surface area contributed by atoms with Crippen LogP contribution in [0.5, 0.6) is 11.5 Å². The van der Waals surface area contributed by atoms with Crippen LogP contribution < -0.4 is 9.47 Å². The van der Waals surface area contributed by atoms with Crippen molar-refractivity contribution >= 4 is 6.21 Å². The molecular formula is C17H18N2O3. The van der Waals surface area contributed by atoms with Gasteiger partial charge in [-0.05, 0) is 18.9 Å². The van der Waals surface area contributed by atoms with E-state index in [1.165, 1.54) is 0 Å². The lowest BCUT2D eigenvalue weighted by Crippen LogP contribution is -2.19. The number of allylic oxidation sites excluding steroid dienone is 3. The summed E-state index contributed by atoms with van der Waals surface area (Å²) in [6.07, 6.45) is 12.2. The van der Waals surface area contributed by atoms with E-state index in [0.717, 1.165) is 28.9 Å². The standard InChI is InChI=1S/C17H18N2O3/c1-4-7-22-16-11-18-9-13-8-12(2)5-6-14(13)19(20)10-15(18)17(16)21-3/h1,6,10-11,13H,2,5,7-9H2,3H3/t13-/m0/s1. The van der Waals surface area contributed by atoms with Crippen LogP contribution in [-0.2, 0) is 6.54 Å². The summed E-state index contributed by atoms with van der Waals surface area (Å²) in [4.78, 5) is 0. The van der Waals surface area contributed by atoms with Crippen LogP contribution in [0, 0.1) is 23.5 Å². The largest absolute Gasteiger partial charge is 0.618 e. The molecule has 1 aliphatic carbocycles. The minimum absolute atomic E-state index is 0.119. The second-order valence-electron chi connectivity index (χ2n) is 5.50. The normalized spacial score (nSPS) is 20.0. The summed E-state index contributed by atoms with van der Waals surface area (Å²) in [5.41, 5.74) is 2.64. The van der Waals surface area contributed by atoms with E-state index < -0.39 is 0 Å². The highest BCUT2D eigenvalue weighted by atomic mass is 16.5. The van der Waals surface area contributed by atoms with Gasteiger partial charge in [-0.1, -0.05) is 18.1 Å². The molecule has 1 aromatic rings. The maximum Gasteiger partial charge on any atom is 0.208 e. The molecule has 0 bridgehead atoms. The Bertz CT molecular complexity index is 719. The predicted octanol–water partition coefficient (Wildman–Crippen LogP) is 2.30. The molecule has 0 fully saturated rings. The molecule has 0 aromatic carbocycles. The van der Waals surface area contributed by atoms with Crippen molar-refractivity contribution in [1.82, 2.24) is 4.57 Å². The molecule has 0 saturated heterocycles. The third-order valence-corrected chi connectivity index (χ3v) is 4.02. The van der Waals surface area contributed by atoms with E-state index in [0.29, 0.717) is 23.7 Å². The van der Waals surface area contributed by atoms with E-state index in [1.807, 2.05) is 16.8 Å². The van der Waals surface area contributed by atoms with Crippen molar-refractivity contribution in [2.45, 2.75) is 19.4 Å². The molecule has 114 valence electrons. The summed E-state index contributed by atoms with van der Waals surface area (Å²) in [7, 11) is 1.56. The fourth-order valence-electron chi connectivity index (χ4n) is 3.04. The zero-order valence-corrected chi connectivity index (χ0v) is 12.5. The third kappa shape index (κ3) is 2.37. The van der Waals surface area contributed by atoms with Crippen molar-refractivity contribution in [3.05, 3.63) is 41.0 Å². The predicted molar refractivity (Wildman–Crippen MR) is 84.1 cm³/mol. The third-order valence-electron chi connectivity index (χ3n) is 4.02. The van der Waals surface area contributed by atoms with E-state index >= 15 is 0 Å². The van der Waals surface area contributed by atoms with Gasteiger partial charge in [-0.3, -0.25) is 0 Å². The van der Waals surface area contributed by atoms with Gasteiger partial charge in [0.15, 0.2) is 22.9 Å². The molecular weight excluding hydrogens is 280 g/mol. The Morgan fingerprint density at radius 3 is 3.14 bits per heavy atom. The average Bonchev–Trinajstić information content (AvgIpc) is 2.75. The number of hydrogen-bond donors (Lipinski definition) is 0. The van der Waals surface area contributed by atoms with Crippen LogP contribution in [0.15, 0.2) is 30.1 Å². The van der Waals surface area contributed by atoms with E-state index in [4.69, 9.17) is 15.9 Å². The van der Waals surface area contributed by atoms with Gasteiger partial charge in [0, 0.05) is 6.54 Å². The highest BCUT2D eigenvalue weighted by Crippen LogP contribution is 2.37. The Morgan fingerprint density at radius 2 is 2.41 bits per heavy atom. The summed E-state index contributed by atoms with van der Waals surface area (Å²) >= 11 is 0. The van der Waals surface area contributed by atoms with Gasteiger partial charge >= 0.3 is 0 Å². The number of ether oxygens (including phenoxy) is 2. The average molecular weight is 298 g/mol. The number of terminal acetylenes is 1. The van der Waals surface area contributed by atoms with E-state index in [-0.39, 0.29) is 12.5 Å². The fourth-order valence-corrected chi connectivity index (χ4v) is 3.04. The molecule has 0 unspecified atom stereocenters. The van der Waals surface area contributed by atoms with Crippen molar-refractivity contribution in [2.24, 2.45) is 5.92 Å². The van der Waals surface area contributed by atoms with Crippen LogP contribution in [-0.4, -0.2) is 29.2 Å². The number of hydroxylamine groups is 1. The van der Waals surface area contributed by atoms with Gasteiger partial charge in [0.2, 0.25) is 6.21 Å². The van der Waals surface area contributed by atoms with Gasteiger partial charge in [-0.25, -0.2) is 0 Å². The van der Waals surface area contributed by atoms with Crippen LogP contribution >= 0.6 is 0 Å². The number of nitrogens with zero attached hydrogens (tertiary/aromatic N) is 2. The number of methoxy groups -OCH3 is 1. The van der Waals surface area contributed by atoms with Gasteiger partial charge in [0.1, 0.15) is 6.61 Å². The molecule has 0 amide bonds. The first-order chi connectivity index (χ1) is 10.6. The summed E-state index contributed by atoms with van der Waals surface area (Å²) in [5.74, 6) is 3.64. The van der Waals surface area contributed by atoms with Crippen LogP contribution in [0.3, 0.4) is 0 Å². The molecule has 0 spiro atoms. The smallest absolute Gasteiger partial charge is 0.208 e. The first-order valence-electron chi connectivity index (χ1n) is 7.15. The molecule has 2 aliphatic rings. The lowest BCUT2D eigenvalue weighted by molar-refractivity contribution is -0.405.